The number of allylic oxidation sites excluding steroid dienone is 3. The largest absolute Gasteiger partial charge is 0.0984 e. The molecule has 0 bridgehead atoms. The number of fused-ring (bicyclic) bond motifs is 5. The summed E-state index contributed by atoms with van der Waals surface area (Å²) < 4.78 is 0. The fourth-order valence-corrected chi connectivity index (χ4v) is 3.50. The van der Waals surface area contributed by atoms with E-state index in [9.17, 15) is 0 Å². The lowest BCUT2D eigenvalue weighted by atomic mass is 9.92. The molecule has 4 aromatic carbocycles. The van der Waals surface area contributed by atoms with Gasteiger partial charge in [-0.3, -0.25) is 0 Å². The van der Waals surface area contributed by atoms with Crippen LogP contribution in [-0.2, 0) is 0 Å². The number of hydrogen-bond acceptors (Lipinski definition) is 0. The third kappa shape index (κ3) is 5.95. The molecule has 0 unspecified atom stereocenters. The summed E-state index contributed by atoms with van der Waals surface area (Å²) in [4.78, 5) is 0. The Bertz CT molecular complexity index is 1150. The van der Waals surface area contributed by atoms with Crippen LogP contribution < -0.4 is 0 Å². The maximum Gasteiger partial charge on any atom is -0.00987 e. The highest BCUT2D eigenvalue weighted by atomic mass is 14.1. The summed E-state index contributed by atoms with van der Waals surface area (Å²) in [7, 11) is 0. The van der Waals surface area contributed by atoms with Crippen LogP contribution in [0.15, 0.2) is 85.5 Å². The van der Waals surface area contributed by atoms with Crippen molar-refractivity contribution in [3.8, 4) is 0 Å². The zero-order valence-electron chi connectivity index (χ0n) is 20.4. The smallest absolute Gasteiger partial charge is 0.00987 e. The number of benzene rings is 4. The molecule has 31 heavy (non-hydrogen) atoms. The Morgan fingerprint density at radius 2 is 1.06 bits per heavy atom. The van der Waals surface area contributed by atoms with E-state index in [-0.39, 0.29) is 0 Å². The topological polar surface area (TPSA) is 0 Å². The fraction of sp³-hybridized carbons (Fsp3) is 0.226. The Morgan fingerprint density at radius 3 is 1.68 bits per heavy atom. The predicted molar refractivity (Wildman–Crippen MR) is 147 cm³/mol. The first-order valence-electron chi connectivity index (χ1n) is 11.4. The van der Waals surface area contributed by atoms with Crippen molar-refractivity contribution in [1.29, 1.82) is 0 Å². The second-order valence-corrected chi connectivity index (χ2v) is 6.48. The van der Waals surface area contributed by atoms with Gasteiger partial charge in [0.25, 0.3) is 0 Å². The minimum Gasteiger partial charge on any atom is -0.0984 e. The highest BCUT2D eigenvalue weighted by Crippen LogP contribution is 2.34. The molecule has 0 heterocycles. The summed E-state index contributed by atoms with van der Waals surface area (Å²) in [6.45, 7) is 18.1. The zero-order valence-corrected chi connectivity index (χ0v) is 20.4. The van der Waals surface area contributed by atoms with Gasteiger partial charge in [-0.15, -0.1) is 0 Å². The van der Waals surface area contributed by atoms with Crippen molar-refractivity contribution in [2.75, 3.05) is 0 Å². The Kier molecular flexibility index (Phi) is 11.7. The molecule has 0 aliphatic heterocycles. The van der Waals surface area contributed by atoms with Gasteiger partial charge in [-0.1, -0.05) is 125 Å². The monoisotopic (exact) mass is 410 g/mol. The number of rotatable bonds is 2. The molecule has 0 nitrogen and oxygen atoms in total. The van der Waals surface area contributed by atoms with Gasteiger partial charge in [0, 0.05) is 0 Å². The molecule has 4 aromatic rings. The third-order valence-electron chi connectivity index (χ3n) is 4.88. The summed E-state index contributed by atoms with van der Waals surface area (Å²) >= 11 is 0. The molecule has 0 atom stereocenters. The second-order valence-electron chi connectivity index (χ2n) is 6.48. The third-order valence-corrected chi connectivity index (χ3v) is 4.88. The van der Waals surface area contributed by atoms with E-state index in [0.29, 0.717) is 0 Å². The molecule has 0 saturated carbocycles. The molecule has 0 fully saturated rings. The average molecular weight is 411 g/mol. The van der Waals surface area contributed by atoms with Crippen LogP contribution >= 0.6 is 0 Å². The van der Waals surface area contributed by atoms with Crippen molar-refractivity contribution in [2.24, 2.45) is 0 Å². The van der Waals surface area contributed by atoms with Crippen LogP contribution in [0.5, 0.6) is 0 Å². The SMILES string of the molecule is C/C=C\C.C=Cc1c(/C=C\C)ccc2c1ccc1c3ccccc3ccc21.CC.CC. The Labute approximate surface area is 189 Å². The predicted octanol–water partition coefficient (Wildman–Crippen LogP) is 10.5. The maximum absolute atomic E-state index is 4.02. The standard InChI is InChI=1S/C23H18.C4H8.2C2H6/c1-3-7-16-10-12-22-20(18(16)4-2)14-15-21-19-9-6-5-8-17(19)11-13-23(21)22;1-3-4-2;2*1-2/h3-15H,2H2,1H3;3-4H,1-2H3;2*1-2H3/b7-3-;4-3-;;. The molecule has 162 valence electrons. The summed E-state index contributed by atoms with van der Waals surface area (Å²) in [5.41, 5.74) is 2.42. The fourth-order valence-electron chi connectivity index (χ4n) is 3.50. The van der Waals surface area contributed by atoms with Gasteiger partial charge in [0.1, 0.15) is 0 Å². The van der Waals surface area contributed by atoms with Crippen molar-refractivity contribution >= 4 is 44.5 Å². The summed E-state index contributed by atoms with van der Waals surface area (Å²) in [5.74, 6) is 0. The molecule has 0 radical (unpaired) electrons. The summed E-state index contributed by atoms with van der Waals surface area (Å²) in [6.07, 6.45) is 10.2. The first-order valence-corrected chi connectivity index (χ1v) is 11.4. The van der Waals surface area contributed by atoms with Crippen LogP contribution in [0, 0.1) is 0 Å². The molecule has 0 amide bonds. The molecule has 0 saturated heterocycles. The first-order chi connectivity index (χ1) is 15.2. The minimum atomic E-state index is 1.20. The highest BCUT2D eigenvalue weighted by molar-refractivity contribution is 6.18. The molecule has 0 N–H and O–H groups in total. The number of hydrogen-bond donors (Lipinski definition) is 0. The lowest BCUT2D eigenvalue weighted by Crippen LogP contribution is -1.86. The quantitative estimate of drug-likeness (QED) is 0.228. The van der Waals surface area contributed by atoms with Crippen LogP contribution in [0.3, 0.4) is 0 Å². The van der Waals surface area contributed by atoms with Crippen molar-refractivity contribution < 1.29 is 0 Å². The van der Waals surface area contributed by atoms with E-state index < -0.39 is 0 Å². The van der Waals surface area contributed by atoms with Crippen molar-refractivity contribution in [1.82, 2.24) is 0 Å². The molecule has 0 aliphatic carbocycles. The summed E-state index contributed by atoms with van der Waals surface area (Å²) in [6, 6.07) is 21.9. The van der Waals surface area contributed by atoms with Gasteiger partial charge < -0.3 is 0 Å². The lowest BCUT2D eigenvalue weighted by molar-refractivity contribution is 1.50. The Morgan fingerprint density at radius 1 is 0.548 bits per heavy atom. The van der Waals surface area contributed by atoms with E-state index in [2.05, 4.69) is 79.4 Å². The van der Waals surface area contributed by atoms with Crippen LogP contribution in [-0.4, -0.2) is 0 Å². The van der Waals surface area contributed by atoms with Crippen LogP contribution in [0.4, 0.5) is 0 Å². The van der Waals surface area contributed by atoms with Gasteiger partial charge in [-0.25, -0.2) is 0 Å². The van der Waals surface area contributed by atoms with Gasteiger partial charge >= 0.3 is 0 Å². The van der Waals surface area contributed by atoms with E-state index in [1.54, 1.807) is 0 Å². The van der Waals surface area contributed by atoms with E-state index in [4.69, 9.17) is 0 Å². The normalized spacial score (nSPS) is 10.3. The van der Waals surface area contributed by atoms with E-state index in [1.165, 1.54) is 43.4 Å². The molecule has 0 spiro atoms. The van der Waals surface area contributed by atoms with E-state index in [0.717, 1.165) is 0 Å². The lowest BCUT2D eigenvalue weighted by Gasteiger charge is -2.11. The average Bonchev–Trinajstić information content (AvgIpc) is 2.86. The minimum absolute atomic E-state index is 1.20. The second kappa shape index (κ2) is 14.0. The van der Waals surface area contributed by atoms with Crippen molar-refractivity contribution in [3.05, 3.63) is 96.6 Å². The van der Waals surface area contributed by atoms with Crippen LogP contribution in [0.2, 0.25) is 0 Å². The van der Waals surface area contributed by atoms with Crippen molar-refractivity contribution in [2.45, 2.75) is 48.5 Å². The van der Waals surface area contributed by atoms with Gasteiger partial charge in [0.15, 0.2) is 0 Å². The van der Waals surface area contributed by atoms with Crippen LogP contribution in [0.25, 0.3) is 44.5 Å². The molecule has 0 aliphatic rings. The molecule has 0 aromatic heterocycles. The first kappa shape index (κ1) is 25.9. The van der Waals surface area contributed by atoms with Crippen LogP contribution in [0.1, 0.15) is 59.6 Å². The van der Waals surface area contributed by atoms with Gasteiger partial charge in [-0.2, -0.15) is 0 Å². The van der Waals surface area contributed by atoms with Gasteiger partial charge in [0.2, 0.25) is 0 Å². The molecular formula is C31H38. The molecular weight excluding hydrogens is 372 g/mol. The Balaban J connectivity index is 0.000000532. The molecule has 0 heteroatoms. The zero-order chi connectivity index (χ0) is 23.2. The van der Waals surface area contributed by atoms with E-state index in [1.807, 2.05) is 66.7 Å². The maximum atomic E-state index is 4.02. The van der Waals surface area contributed by atoms with Crippen molar-refractivity contribution in [3.63, 3.8) is 0 Å². The van der Waals surface area contributed by atoms with Gasteiger partial charge in [-0.05, 0) is 64.2 Å². The molecule has 4 rings (SSSR count). The Hall–Kier alpha value is -3.12. The van der Waals surface area contributed by atoms with E-state index >= 15 is 0 Å². The van der Waals surface area contributed by atoms with Gasteiger partial charge in [0.05, 0.1) is 0 Å². The highest BCUT2D eigenvalue weighted by Gasteiger charge is 2.08. The summed E-state index contributed by atoms with van der Waals surface area (Å²) in [5, 5.41) is 7.76.